The highest BCUT2D eigenvalue weighted by atomic mass is 79.9. The number of aliphatic carboxylic acids is 1. The zero-order valence-corrected chi connectivity index (χ0v) is 59.8. The number of benzene rings is 8. The number of esters is 4. The van der Waals surface area contributed by atoms with Gasteiger partial charge in [-0.1, -0.05) is 171 Å². The first kappa shape index (κ1) is 82.3. The Hall–Kier alpha value is -10.4. The smallest absolute Gasteiger partial charge is 0.344 e. The van der Waals surface area contributed by atoms with Crippen LogP contribution in [0.15, 0.2) is 203 Å². The highest BCUT2D eigenvalue weighted by molar-refractivity contribution is 9.09. The summed E-state index contributed by atoms with van der Waals surface area (Å²) < 4.78 is 110. The molecule has 0 radical (unpaired) electrons. The Morgan fingerprint density at radius 3 is 0.990 bits per heavy atom. The first-order valence-electron chi connectivity index (χ1n) is 31.4. The maximum atomic E-state index is 12.7. The summed E-state index contributed by atoms with van der Waals surface area (Å²) in [7, 11) is -12.8. The number of halogens is 1. The van der Waals surface area contributed by atoms with Gasteiger partial charge >= 0.3 is 35.8 Å². The molecule has 0 bridgehead atoms. The van der Waals surface area contributed by atoms with Gasteiger partial charge in [0.25, 0.3) is 0 Å². The molecule has 8 aromatic rings. The van der Waals surface area contributed by atoms with E-state index in [1.165, 1.54) is 18.2 Å². The number of sulfonamides is 3. The fourth-order valence-corrected chi connectivity index (χ4v) is 10.8. The average molecular weight is 1530 g/mol. The van der Waals surface area contributed by atoms with Crippen molar-refractivity contribution in [3.8, 4) is 34.5 Å². The molecule has 0 aliphatic rings. The Labute approximate surface area is 599 Å². The van der Waals surface area contributed by atoms with Crippen LogP contribution in [0.1, 0.15) is 101 Å². The van der Waals surface area contributed by atoms with Crippen molar-refractivity contribution in [3.05, 3.63) is 216 Å². The number of hydrogen-bond acceptors (Lipinski definition) is 22. The van der Waals surface area contributed by atoms with Crippen LogP contribution >= 0.6 is 15.9 Å². The lowest BCUT2D eigenvalue weighted by Crippen LogP contribution is -2.19. The van der Waals surface area contributed by atoms with Crippen LogP contribution in [0.2, 0.25) is 0 Å². The number of nitrogens with two attached hydrogens (primary N) is 3. The molecule has 27 nitrogen and oxygen atoms in total. The quantitative estimate of drug-likeness (QED) is 0.00819. The van der Waals surface area contributed by atoms with E-state index in [1.54, 1.807) is 103 Å². The normalized spacial score (nSPS) is 10.8. The van der Waals surface area contributed by atoms with Crippen LogP contribution in [0.25, 0.3) is 0 Å². The van der Waals surface area contributed by atoms with E-state index in [9.17, 15) is 59.1 Å². The molecule has 0 aliphatic carbocycles. The maximum absolute atomic E-state index is 12.7. The number of unbranched alkanes of at least 4 members (excludes halogenated alkanes) is 3. The number of alkyl halides is 1. The molecule has 0 aliphatic heterocycles. The molecule has 0 saturated heterocycles. The second-order valence-electron chi connectivity index (χ2n) is 21.6. The van der Waals surface area contributed by atoms with Crippen LogP contribution in [0.5, 0.6) is 34.5 Å². The van der Waals surface area contributed by atoms with Crippen LogP contribution in [-0.2, 0) is 76.6 Å². The summed E-state index contributed by atoms with van der Waals surface area (Å²) in [6, 6.07) is 51.4. The molecule has 0 amide bonds. The number of nitrogens with one attached hydrogen (secondary N) is 3. The van der Waals surface area contributed by atoms with Crippen LogP contribution in [0.4, 0.5) is 17.1 Å². The predicted molar refractivity (Wildman–Crippen MR) is 385 cm³/mol. The van der Waals surface area contributed by atoms with Gasteiger partial charge < -0.3 is 59.3 Å². The lowest BCUT2D eigenvalue weighted by Gasteiger charge is -2.17. The molecular weight excluding hydrogens is 1450 g/mol. The van der Waals surface area contributed by atoms with Crippen molar-refractivity contribution >= 4 is 98.9 Å². The van der Waals surface area contributed by atoms with E-state index in [0.717, 1.165) is 67.9 Å². The Morgan fingerprint density at radius 2 is 0.696 bits per heavy atom. The molecule has 0 heterocycles. The molecule has 0 atom stereocenters. The summed E-state index contributed by atoms with van der Waals surface area (Å²) in [6.07, 6.45) is 5.08. The van der Waals surface area contributed by atoms with E-state index in [4.69, 9.17) is 48.9 Å². The number of rotatable bonds is 33. The largest absolute Gasteiger partial charge is 0.479 e. The third-order valence-electron chi connectivity index (χ3n) is 13.5. The minimum Gasteiger partial charge on any atom is -0.479 e. The number of carboxylic acids is 2. The van der Waals surface area contributed by atoms with Crippen LogP contribution in [0.3, 0.4) is 0 Å². The van der Waals surface area contributed by atoms with E-state index in [-0.39, 0.29) is 73.8 Å². The highest BCUT2D eigenvalue weighted by Crippen LogP contribution is 2.40. The molecule has 8 aromatic carbocycles. The molecule has 0 aromatic heterocycles. The monoisotopic (exact) mass is 1530 g/mol. The first-order valence-corrected chi connectivity index (χ1v) is 37.2. The summed E-state index contributed by atoms with van der Waals surface area (Å²) in [5.41, 5.74) is 2.04. The number of ether oxygens (including phenoxy) is 7. The van der Waals surface area contributed by atoms with Gasteiger partial charge in [0.2, 0.25) is 30.1 Å². The van der Waals surface area contributed by atoms with Gasteiger partial charge in [-0.15, -0.1) is 0 Å². The van der Waals surface area contributed by atoms with Crippen LogP contribution < -0.4 is 45.6 Å². The second kappa shape index (κ2) is 42.0. The van der Waals surface area contributed by atoms with Gasteiger partial charge in [0.1, 0.15) is 50.5 Å². The highest BCUT2D eigenvalue weighted by Gasteiger charge is 2.28. The van der Waals surface area contributed by atoms with Gasteiger partial charge in [0.15, 0.2) is 30.5 Å². The average Bonchev–Trinajstić information content (AvgIpc) is 0.800. The number of aromatic carboxylic acids is 1. The lowest BCUT2D eigenvalue weighted by molar-refractivity contribution is -0.148. The topological polar surface area (TPSA) is 424 Å². The minimum absolute atomic E-state index is 0.0187. The summed E-state index contributed by atoms with van der Waals surface area (Å²) in [6.45, 7) is 6.40. The molecule has 0 saturated carbocycles. The number of carboxylic acid groups (broad SMARTS) is 2. The van der Waals surface area contributed by atoms with Gasteiger partial charge in [0.05, 0.1) is 33.8 Å². The molecule has 0 fully saturated rings. The number of anilines is 3. The Morgan fingerprint density at radius 1 is 0.402 bits per heavy atom. The molecule has 0 spiro atoms. The van der Waals surface area contributed by atoms with Gasteiger partial charge in [0, 0.05) is 19.6 Å². The summed E-state index contributed by atoms with van der Waals surface area (Å²) in [4.78, 5) is 68.4. The van der Waals surface area contributed by atoms with E-state index in [1.807, 2.05) is 69.3 Å². The van der Waals surface area contributed by atoms with Crippen molar-refractivity contribution in [2.75, 3.05) is 54.1 Å². The van der Waals surface area contributed by atoms with Crippen molar-refractivity contribution in [3.63, 3.8) is 0 Å². The Kier molecular flexibility index (Phi) is 33.9. The Bertz CT molecular complexity index is 4420. The van der Waals surface area contributed by atoms with Gasteiger partial charge in [-0.25, -0.2) is 64.6 Å². The lowest BCUT2D eigenvalue weighted by atomic mass is 10.1. The van der Waals surface area contributed by atoms with Crippen molar-refractivity contribution in [1.29, 1.82) is 0 Å². The third kappa shape index (κ3) is 28.7. The fraction of sp³-hybridized carbons (Fsp3) is 0.239. The van der Waals surface area contributed by atoms with Crippen molar-refractivity contribution < 1.29 is 97.4 Å². The molecule has 8 rings (SSSR count). The molecular formula is C71H79BrN6O21S3. The van der Waals surface area contributed by atoms with Crippen LogP contribution in [0, 0.1) is 0 Å². The maximum Gasteiger partial charge on any atom is 0.344 e. The van der Waals surface area contributed by atoms with Crippen molar-refractivity contribution in [2.24, 2.45) is 15.4 Å². The van der Waals surface area contributed by atoms with E-state index >= 15 is 0 Å². The van der Waals surface area contributed by atoms with Crippen molar-refractivity contribution in [1.82, 2.24) is 0 Å². The fourth-order valence-electron chi connectivity index (χ4n) is 8.50. The SMILES string of the molecule is CCCCNc1cc(C(=O)O)cc(S(N)(=O)=O)c1Oc1ccccc1.CCCCNc1cc(C(=O)OCC(=O)O)cc(S(N)(=O)=O)c1Oc1ccccc1.CCCCNc1cc(C(=O)OCC(=O)OCc2ccccc2)cc(S(N)(=O)=O)c1Oc1ccccc1.O=C(CBr)OCc1ccccc1. The van der Waals surface area contributed by atoms with Crippen LogP contribution in [-0.4, -0.2) is 109 Å². The number of hydrogen-bond donors (Lipinski definition) is 8. The minimum atomic E-state index is -4.30. The molecule has 544 valence electrons. The second-order valence-corrected chi connectivity index (χ2v) is 26.7. The van der Waals surface area contributed by atoms with Crippen molar-refractivity contribution in [2.45, 2.75) is 87.2 Å². The zero-order valence-electron chi connectivity index (χ0n) is 55.8. The molecule has 31 heteroatoms. The summed E-state index contributed by atoms with van der Waals surface area (Å²) in [5, 5.41) is 43.4. The number of carbonyl (C=O) groups excluding carboxylic acids is 4. The number of primary sulfonamides is 3. The Balaban J connectivity index is 0.000000258. The number of carbonyl (C=O) groups is 6. The summed E-state index contributed by atoms with van der Waals surface area (Å²) >= 11 is 3.01. The molecule has 11 N–H and O–H groups in total. The molecule has 102 heavy (non-hydrogen) atoms. The van der Waals surface area contributed by atoms with Gasteiger partial charge in [-0.05, 0) is 103 Å². The molecule has 0 unspecified atom stereocenters. The predicted octanol–water partition coefficient (Wildman–Crippen LogP) is 12.0. The summed E-state index contributed by atoms with van der Waals surface area (Å²) in [5.74, 6) is -4.45. The standard InChI is InChI=1S/C26H28N2O7S.C19H22N2O7S.C17H20N2O5S.C9H9BrO2/c1-2-3-14-28-22-15-20(26(30)34-18-24(29)33-17-19-10-6-4-7-11-19)16-23(36(27,31)32)25(22)35-21-12-8-5-9-13-21;1-2-3-9-21-15-10-13(19(24)27-12-17(22)23)11-16(29(20,25)26)18(15)28-14-7-5-4-6-8-14;1-2-3-9-19-14-10-12(17(20)21)11-15(25(18,22)23)16(14)24-13-7-5-4-6-8-13;10-6-9(11)12-7-8-4-2-1-3-5-8/h4-13,15-16,28H,2-3,14,17-18H2,1H3,(H2,27,31,32);4-8,10-11,21H,2-3,9,12H2,1H3,(H,22,23)(H2,20,25,26);4-8,10-11,19H,2-3,9H2,1H3,(H,20,21)(H2,18,22,23);1-5H,6-7H2. The number of para-hydroxylation sites is 3. The van der Waals surface area contributed by atoms with E-state index < -0.39 is 82.9 Å². The third-order valence-corrected chi connectivity index (χ3v) is 16.7. The van der Waals surface area contributed by atoms with E-state index in [2.05, 4.69) is 36.6 Å². The zero-order chi connectivity index (χ0) is 74.7. The van der Waals surface area contributed by atoms with Gasteiger partial charge in [-0.2, -0.15) is 0 Å². The van der Waals surface area contributed by atoms with E-state index in [0.29, 0.717) is 43.5 Å². The first-order chi connectivity index (χ1) is 48.6. The van der Waals surface area contributed by atoms with Gasteiger partial charge in [-0.3, -0.25) is 4.79 Å².